The van der Waals surface area contributed by atoms with Gasteiger partial charge in [0.2, 0.25) is 5.78 Å². The molecule has 172 valence electrons. The van der Waals surface area contributed by atoms with Crippen molar-refractivity contribution in [1.29, 1.82) is 0 Å². The van der Waals surface area contributed by atoms with E-state index in [0.29, 0.717) is 28.8 Å². The molecule has 1 amide bonds. The van der Waals surface area contributed by atoms with Gasteiger partial charge in [0, 0.05) is 53.5 Å². The Morgan fingerprint density at radius 3 is 2.52 bits per heavy atom. The number of fused-ring (bicyclic) bond motifs is 1. The first kappa shape index (κ1) is 24.6. The topological polar surface area (TPSA) is 98.2 Å². The van der Waals surface area contributed by atoms with Crippen molar-refractivity contribution in [2.24, 2.45) is 5.73 Å². The van der Waals surface area contributed by atoms with Crippen LogP contribution < -0.4 is 11.1 Å². The van der Waals surface area contributed by atoms with E-state index in [9.17, 15) is 4.79 Å². The van der Waals surface area contributed by atoms with Gasteiger partial charge in [-0.3, -0.25) is 14.2 Å². The van der Waals surface area contributed by atoms with E-state index >= 15 is 0 Å². The molecule has 0 aliphatic heterocycles. The molecule has 0 aliphatic rings. The van der Waals surface area contributed by atoms with Crippen LogP contribution in [0.15, 0.2) is 48.9 Å². The molecule has 0 spiro atoms. The van der Waals surface area contributed by atoms with Gasteiger partial charge in [0.25, 0.3) is 5.91 Å². The molecule has 33 heavy (non-hydrogen) atoms. The second-order valence-corrected chi connectivity index (χ2v) is 7.85. The summed E-state index contributed by atoms with van der Waals surface area (Å²) in [5.74, 6) is 0.120. The number of rotatable bonds is 6. The molecule has 7 nitrogen and oxygen atoms in total. The number of nitrogens with one attached hydrogen (secondary N) is 1. The minimum atomic E-state index is -0.278. The lowest BCUT2D eigenvalue weighted by Gasteiger charge is -2.14. The van der Waals surface area contributed by atoms with Crippen molar-refractivity contribution in [3.8, 4) is 11.3 Å². The van der Waals surface area contributed by atoms with Gasteiger partial charge < -0.3 is 11.1 Å². The van der Waals surface area contributed by atoms with Gasteiger partial charge >= 0.3 is 0 Å². The first-order valence-corrected chi connectivity index (χ1v) is 11.4. The lowest BCUT2D eigenvalue weighted by molar-refractivity contribution is 0.0949. The number of amides is 1. The smallest absolute Gasteiger partial charge is 0.271 e. The summed E-state index contributed by atoms with van der Waals surface area (Å²) in [6.07, 6.45) is 5.81. The Bertz CT molecular complexity index is 1260. The summed E-state index contributed by atoms with van der Waals surface area (Å²) in [5, 5.41) is 3.91. The van der Waals surface area contributed by atoms with E-state index < -0.39 is 0 Å². The van der Waals surface area contributed by atoms with Crippen LogP contribution in [-0.4, -0.2) is 31.8 Å². The molecule has 3 heterocycles. The minimum Gasteiger partial charge on any atom is -0.350 e. The zero-order valence-electron chi connectivity index (χ0n) is 18.8. The second kappa shape index (κ2) is 11.2. The fourth-order valence-corrected chi connectivity index (χ4v) is 3.93. The van der Waals surface area contributed by atoms with Gasteiger partial charge in [-0.05, 0) is 49.2 Å². The SMILES string of the molecule is CC.Cc1nc2nc(C(=O)NCCc3ccncc3)cn2c(-c2ccc(Cl)cc2Cl)c1CN. The number of hydrogen-bond acceptors (Lipinski definition) is 5. The molecule has 4 aromatic rings. The molecule has 9 heteroatoms. The standard InChI is InChI=1S/C22H20Cl2N6O.C2H6/c1-13-17(11-25)20(16-3-2-15(23)10-18(16)24)30-12-19(29-22(30)28-13)21(31)27-9-6-14-4-7-26-8-5-14;1-2/h2-5,7-8,10,12H,6,9,11,25H2,1H3,(H,27,31);1-2H3. The Balaban J connectivity index is 0.00000149. The van der Waals surface area contributed by atoms with Crippen LogP contribution in [-0.2, 0) is 13.0 Å². The monoisotopic (exact) mass is 484 g/mol. The summed E-state index contributed by atoms with van der Waals surface area (Å²) in [6.45, 7) is 6.60. The zero-order valence-corrected chi connectivity index (χ0v) is 20.3. The molecule has 3 aromatic heterocycles. The zero-order chi connectivity index (χ0) is 24.0. The summed E-state index contributed by atoms with van der Waals surface area (Å²) in [6, 6.07) is 9.09. The molecule has 0 radical (unpaired) electrons. The maximum Gasteiger partial charge on any atom is 0.271 e. The average Bonchev–Trinajstić information content (AvgIpc) is 3.24. The van der Waals surface area contributed by atoms with E-state index in [1.165, 1.54) is 0 Å². The Morgan fingerprint density at radius 1 is 1.12 bits per heavy atom. The van der Waals surface area contributed by atoms with Crippen LogP contribution >= 0.6 is 23.2 Å². The number of nitrogens with zero attached hydrogens (tertiary/aromatic N) is 4. The molecule has 0 saturated carbocycles. The van der Waals surface area contributed by atoms with E-state index in [-0.39, 0.29) is 18.1 Å². The molecular formula is C24H26Cl2N6O. The highest BCUT2D eigenvalue weighted by molar-refractivity contribution is 6.36. The van der Waals surface area contributed by atoms with Crippen LogP contribution in [0, 0.1) is 6.92 Å². The van der Waals surface area contributed by atoms with Crippen LogP contribution in [0.5, 0.6) is 0 Å². The fourth-order valence-electron chi connectivity index (χ4n) is 3.44. The number of carbonyl (C=O) groups excluding carboxylic acids is 1. The molecule has 0 bridgehead atoms. The summed E-state index contributed by atoms with van der Waals surface area (Å²) >= 11 is 12.5. The first-order chi connectivity index (χ1) is 16.0. The molecule has 0 fully saturated rings. The normalized spacial score (nSPS) is 10.6. The van der Waals surface area contributed by atoms with Crippen LogP contribution in [0.2, 0.25) is 10.0 Å². The lowest BCUT2D eigenvalue weighted by atomic mass is 10.0. The van der Waals surface area contributed by atoms with E-state index in [1.807, 2.05) is 39.0 Å². The van der Waals surface area contributed by atoms with E-state index in [4.69, 9.17) is 28.9 Å². The molecule has 0 aliphatic carbocycles. The van der Waals surface area contributed by atoms with Gasteiger partial charge in [0.1, 0.15) is 5.69 Å². The summed E-state index contributed by atoms with van der Waals surface area (Å²) in [5.41, 5.74) is 10.4. The van der Waals surface area contributed by atoms with Gasteiger partial charge in [-0.2, -0.15) is 0 Å². The quantitative estimate of drug-likeness (QED) is 0.406. The van der Waals surface area contributed by atoms with Crippen LogP contribution in [0.3, 0.4) is 0 Å². The molecule has 0 atom stereocenters. The predicted octanol–water partition coefficient (Wildman–Crippen LogP) is 4.86. The lowest BCUT2D eigenvalue weighted by Crippen LogP contribution is -2.26. The second-order valence-electron chi connectivity index (χ2n) is 7.01. The number of halogens is 2. The third-order valence-electron chi connectivity index (χ3n) is 4.99. The van der Waals surface area contributed by atoms with Crippen molar-refractivity contribution in [3.63, 3.8) is 0 Å². The number of aromatic nitrogens is 4. The van der Waals surface area contributed by atoms with Gasteiger partial charge in [-0.15, -0.1) is 0 Å². The Hall–Kier alpha value is -3.00. The van der Waals surface area contributed by atoms with Gasteiger partial charge in [-0.1, -0.05) is 37.0 Å². The van der Waals surface area contributed by atoms with Crippen molar-refractivity contribution in [2.75, 3.05) is 6.54 Å². The largest absolute Gasteiger partial charge is 0.350 e. The van der Waals surface area contributed by atoms with Gasteiger partial charge in [-0.25, -0.2) is 9.97 Å². The number of nitrogens with two attached hydrogens (primary N) is 1. The number of benzene rings is 1. The number of carbonyl (C=O) groups is 1. The Morgan fingerprint density at radius 2 is 1.85 bits per heavy atom. The molecular weight excluding hydrogens is 459 g/mol. The minimum absolute atomic E-state index is 0.259. The van der Waals surface area contributed by atoms with Crippen molar-refractivity contribution in [1.82, 2.24) is 24.7 Å². The van der Waals surface area contributed by atoms with E-state index in [1.54, 1.807) is 35.1 Å². The van der Waals surface area contributed by atoms with Crippen LogP contribution in [0.4, 0.5) is 0 Å². The van der Waals surface area contributed by atoms with Crippen LogP contribution in [0.25, 0.3) is 17.0 Å². The van der Waals surface area contributed by atoms with Crippen molar-refractivity contribution in [3.05, 3.63) is 81.5 Å². The first-order valence-electron chi connectivity index (χ1n) is 10.7. The van der Waals surface area contributed by atoms with Crippen molar-refractivity contribution in [2.45, 2.75) is 33.7 Å². The fraction of sp³-hybridized carbons (Fsp3) is 0.250. The highest BCUT2D eigenvalue weighted by Gasteiger charge is 2.20. The summed E-state index contributed by atoms with van der Waals surface area (Å²) < 4.78 is 1.75. The molecule has 3 N–H and O–H groups in total. The number of imidazole rings is 1. The maximum absolute atomic E-state index is 12.7. The highest BCUT2D eigenvalue weighted by atomic mass is 35.5. The van der Waals surface area contributed by atoms with Crippen LogP contribution in [0.1, 0.15) is 41.2 Å². The number of aryl methyl sites for hydroxylation is 1. The van der Waals surface area contributed by atoms with Crippen molar-refractivity contribution < 1.29 is 4.79 Å². The summed E-state index contributed by atoms with van der Waals surface area (Å²) in [7, 11) is 0. The Kier molecular flexibility index (Phi) is 8.38. The van der Waals surface area contributed by atoms with Gasteiger partial charge in [0.15, 0.2) is 0 Å². The van der Waals surface area contributed by atoms with Gasteiger partial charge in [0.05, 0.1) is 10.7 Å². The molecule has 4 rings (SSSR count). The molecule has 1 aromatic carbocycles. The third kappa shape index (κ3) is 5.50. The number of pyridine rings is 1. The predicted molar refractivity (Wildman–Crippen MR) is 133 cm³/mol. The average molecular weight is 485 g/mol. The summed E-state index contributed by atoms with van der Waals surface area (Å²) in [4.78, 5) is 25.7. The molecule has 0 unspecified atom stereocenters. The Labute approximate surface area is 203 Å². The third-order valence-corrected chi connectivity index (χ3v) is 5.54. The molecule has 0 saturated heterocycles. The van der Waals surface area contributed by atoms with Crippen molar-refractivity contribution >= 4 is 34.9 Å². The number of hydrogen-bond donors (Lipinski definition) is 2. The maximum atomic E-state index is 12.7. The van der Waals surface area contributed by atoms with E-state index in [0.717, 1.165) is 28.1 Å². The van der Waals surface area contributed by atoms with E-state index in [2.05, 4.69) is 20.3 Å². The highest BCUT2D eigenvalue weighted by Crippen LogP contribution is 2.34.